The molecule has 0 aliphatic heterocycles. The molecule has 0 fully saturated rings. The highest BCUT2D eigenvalue weighted by Gasteiger charge is 2.12. The fraction of sp³-hybridized carbons (Fsp3) is 0.160. The van der Waals surface area contributed by atoms with Crippen molar-refractivity contribution in [1.82, 2.24) is 10.6 Å². The van der Waals surface area contributed by atoms with Gasteiger partial charge >= 0.3 is 0 Å². The van der Waals surface area contributed by atoms with E-state index in [9.17, 15) is 14.4 Å². The van der Waals surface area contributed by atoms with Crippen LogP contribution in [0.3, 0.4) is 0 Å². The first kappa shape index (κ1) is 24.6. The number of halogens is 1. The molecule has 0 aliphatic rings. The molecular weight excluding hydrogens is 458 g/mol. The molecule has 3 rings (SSSR count). The number of carbonyl (C=O) groups is 3. The van der Waals surface area contributed by atoms with Crippen molar-refractivity contribution < 1.29 is 23.9 Å². The molecule has 0 bridgehead atoms. The Kier molecular flexibility index (Phi) is 8.48. The molecule has 3 aromatic rings. The Morgan fingerprint density at radius 2 is 1.44 bits per heavy atom. The lowest BCUT2D eigenvalue weighted by molar-refractivity contribution is -0.117. The Hall–Kier alpha value is -4.04. The van der Waals surface area contributed by atoms with Gasteiger partial charge in [-0.1, -0.05) is 35.9 Å². The van der Waals surface area contributed by atoms with Gasteiger partial charge in [0, 0.05) is 22.7 Å². The molecule has 4 N–H and O–H groups in total. The third-order valence-electron chi connectivity index (χ3n) is 4.83. The quantitative estimate of drug-likeness (QED) is 0.411. The van der Waals surface area contributed by atoms with E-state index >= 15 is 0 Å². The minimum atomic E-state index is -0.620. The minimum Gasteiger partial charge on any atom is -0.493 e. The highest BCUT2D eigenvalue weighted by Crippen LogP contribution is 2.29. The summed E-state index contributed by atoms with van der Waals surface area (Å²) < 4.78 is 11.2. The van der Waals surface area contributed by atoms with Gasteiger partial charge in [0.15, 0.2) is 11.5 Å². The van der Waals surface area contributed by atoms with Crippen LogP contribution in [0.5, 0.6) is 11.5 Å². The van der Waals surface area contributed by atoms with Crippen molar-refractivity contribution in [2.75, 3.05) is 13.7 Å². The van der Waals surface area contributed by atoms with Crippen LogP contribution in [-0.4, -0.2) is 31.4 Å². The van der Waals surface area contributed by atoms with E-state index in [1.165, 1.54) is 7.11 Å². The van der Waals surface area contributed by atoms with Crippen molar-refractivity contribution in [3.05, 3.63) is 94.0 Å². The normalized spacial score (nSPS) is 10.3. The molecule has 0 spiro atoms. The number of nitrogens with one attached hydrogen (secondary N) is 2. The number of carbonyl (C=O) groups excluding carboxylic acids is 3. The average molecular weight is 482 g/mol. The number of hydrogen-bond acceptors (Lipinski definition) is 5. The van der Waals surface area contributed by atoms with Gasteiger partial charge < -0.3 is 25.8 Å². The third kappa shape index (κ3) is 6.98. The van der Waals surface area contributed by atoms with Crippen LogP contribution in [0.4, 0.5) is 0 Å². The van der Waals surface area contributed by atoms with Gasteiger partial charge in [-0.3, -0.25) is 14.4 Å². The van der Waals surface area contributed by atoms with Gasteiger partial charge in [0.05, 0.1) is 13.7 Å². The van der Waals surface area contributed by atoms with E-state index in [0.29, 0.717) is 34.3 Å². The zero-order valence-corrected chi connectivity index (χ0v) is 19.2. The van der Waals surface area contributed by atoms with Crippen molar-refractivity contribution >= 4 is 29.3 Å². The van der Waals surface area contributed by atoms with E-state index in [2.05, 4.69) is 10.6 Å². The van der Waals surface area contributed by atoms with E-state index < -0.39 is 11.8 Å². The molecule has 8 nitrogen and oxygen atoms in total. The van der Waals surface area contributed by atoms with Crippen molar-refractivity contribution in [2.24, 2.45) is 5.73 Å². The standard InChI is InChI=1S/C25H24ClN3O5/c1-33-22-12-19(8-11-21(22)34-15-17-4-9-20(26)10-5-17)25(32)28-13-16-2-6-18(7-3-16)24(31)29-14-23(27)30/h2-12H,13-15H2,1H3,(H2,27,30)(H,28,32)(H,29,31). The Labute approximate surface area is 202 Å². The number of hydrogen-bond donors (Lipinski definition) is 3. The van der Waals surface area contributed by atoms with Crippen LogP contribution < -0.4 is 25.8 Å². The molecule has 3 aromatic carbocycles. The topological polar surface area (TPSA) is 120 Å². The van der Waals surface area contributed by atoms with E-state index in [-0.39, 0.29) is 19.0 Å². The van der Waals surface area contributed by atoms with Crippen LogP contribution >= 0.6 is 11.6 Å². The van der Waals surface area contributed by atoms with Crippen LogP contribution in [-0.2, 0) is 17.9 Å². The third-order valence-corrected chi connectivity index (χ3v) is 5.08. The first-order valence-electron chi connectivity index (χ1n) is 10.3. The molecule has 0 heterocycles. The molecule has 3 amide bonds. The first-order valence-corrected chi connectivity index (χ1v) is 10.7. The van der Waals surface area contributed by atoms with Gasteiger partial charge in [-0.2, -0.15) is 0 Å². The fourth-order valence-corrected chi connectivity index (χ4v) is 3.12. The molecular formula is C25H24ClN3O5. The van der Waals surface area contributed by atoms with Crippen LogP contribution in [0.25, 0.3) is 0 Å². The molecule has 9 heteroatoms. The van der Waals surface area contributed by atoms with E-state index in [4.69, 9.17) is 26.8 Å². The Balaban J connectivity index is 1.56. The molecule has 176 valence electrons. The van der Waals surface area contributed by atoms with E-state index in [1.54, 1.807) is 54.6 Å². The molecule has 0 aromatic heterocycles. The Morgan fingerprint density at radius 3 is 2.09 bits per heavy atom. The smallest absolute Gasteiger partial charge is 0.251 e. The maximum absolute atomic E-state index is 12.6. The number of methoxy groups -OCH3 is 1. The molecule has 34 heavy (non-hydrogen) atoms. The summed E-state index contributed by atoms with van der Waals surface area (Å²) in [6.07, 6.45) is 0. The average Bonchev–Trinajstić information content (AvgIpc) is 2.85. The SMILES string of the molecule is COc1cc(C(=O)NCc2ccc(C(=O)NCC(N)=O)cc2)ccc1OCc1ccc(Cl)cc1. The first-order chi connectivity index (χ1) is 16.4. The molecule has 0 saturated carbocycles. The Bertz CT molecular complexity index is 1160. The van der Waals surface area contributed by atoms with Crippen LogP contribution in [0.2, 0.25) is 5.02 Å². The molecule has 0 unspecified atom stereocenters. The maximum Gasteiger partial charge on any atom is 0.251 e. The number of amides is 3. The molecule has 0 radical (unpaired) electrons. The van der Waals surface area contributed by atoms with Gasteiger partial charge in [-0.15, -0.1) is 0 Å². The van der Waals surface area contributed by atoms with Crippen LogP contribution in [0, 0.1) is 0 Å². The van der Waals surface area contributed by atoms with E-state index in [0.717, 1.165) is 11.1 Å². The summed E-state index contributed by atoms with van der Waals surface area (Å²) in [6, 6.07) is 18.9. The predicted octanol–water partition coefficient (Wildman–Crippen LogP) is 3.07. The lowest BCUT2D eigenvalue weighted by Crippen LogP contribution is -2.33. The largest absolute Gasteiger partial charge is 0.493 e. The molecule has 0 aliphatic carbocycles. The Morgan fingerprint density at radius 1 is 0.824 bits per heavy atom. The number of rotatable bonds is 10. The lowest BCUT2D eigenvalue weighted by atomic mass is 10.1. The zero-order valence-electron chi connectivity index (χ0n) is 18.5. The second-order valence-corrected chi connectivity index (χ2v) is 7.75. The number of ether oxygens (including phenoxy) is 2. The second kappa shape index (κ2) is 11.7. The van der Waals surface area contributed by atoms with Crippen molar-refractivity contribution in [2.45, 2.75) is 13.2 Å². The zero-order chi connectivity index (χ0) is 24.5. The second-order valence-electron chi connectivity index (χ2n) is 7.31. The number of benzene rings is 3. The van der Waals surface area contributed by atoms with Gasteiger partial charge in [-0.05, 0) is 53.6 Å². The summed E-state index contributed by atoms with van der Waals surface area (Å²) in [5.74, 6) is -0.358. The lowest BCUT2D eigenvalue weighted by Gasteiger charge is -2.13. The summed E-state index contributed by atoms with van der Waals surface area (Å²) in [7, 11) is 1.51. The number of nitrogens with two attached hydrogens (primary N) is 1. The van der Waals surface area contributed by atoms with Gasteiger partial charge in [0.1, 0.15) is 6.61 Å². The summed E-state index contributed by atoms with van der Waals surface area (Å²) in [4.78, 5) is 35.3. The summed E-state index contributed by atoms with van der Waals surface area (Å²) in [5.41, 5.74) is 7.56. The van der Waals surface area contributed by atoms with Gasteiger partial charge in [-0.25, -0.2) is 0 Å². The predicted molar refractivity (Wildman–Crippen MR) is 128 cm³/mol. The molecule has 0 saturated heterocycles. The fourth-order valence-electron chi connectivity index (χ4n) is 3.00. The monoisotopic (exact) mass is 481 g/mol. The van der Waals surface area contributed by atoms with Crippen LogP contribution in [0.15, 0.2) is 66.7 Å². The van der Waals surface area contributed by atoms with Crippen molar-refractivity contribution in [3.63, 3.8) is 0 Å². The summed E-state index contributed by atoms with van der Waals surface area (Å²) in [6.45, 7) is 0.361. The van der Waals surface area contributed by atoms with Crippen molar-refractivity contribution in [3.8, 4) is 11.5 Å². The van der Waals surface area contributed by atoms with Crippen molar-refractivity contribution in [1.29, 1.82) is 0 Å². The minimum absolute atomic E-state index is 0.231. The summed E-state index contributed by atoms with van der Waals surface area (Å²) in [5, 5.41) is 5.89. The summed E-state index contributed by atoms with van der Waals surface area (Å²) >= 11 is 5.90. The molecule has 0 atom stereocenters. The van der Waals surface area contributed by atoms with Crippen LogP contribution in [0.1, 0.15) is 31.8 Å². The highest BCUT2D eigenvalue weighted by atomic mass is 35.5. The number of primary amides is 1. The maximum atomic E-state index is 12.6. The highest BCUT2D eigenvalue weighted by molar-refractivity contribution is 6.30. The van der Waals surface area contributed by atoms with E-state index in [1.807, 2.05) is 12.1 Å². The van der Waals surface area contributed by atoms with Gasteiger partial charge in [0.25, 0.3) is 11.8 Å². The van der Waals surface area contributed by atoms with Gasteiger partial charge in [0.2, 0.25) is 5.91 Å².